The van der Waals surface area contributed by atoms with Crippen LogP contribution < -0.4 is 5.76 Å². The largest absolute Gasteiger partial charge is 0.419 e. The highest BCUT2D eigenvalue weighted by molar-refractivity contribution is 5.73. The van der Waals surface area contributed by atoms with Gasteiger partial charge in [-0.05, 0) is 38.0 Å². The van der Waals surface area contributed by atoms with Crippen molar-refractivity contribution in [1.82, 2.24) is 4.57 Å². The van der Waals surface area contributed by atoms with Crippen LogP contribution in [0, 0.1) is 5.92 Å². The van der Waals surface area contributed by atoms with Gasteiger partial charge < -0.3 is 14.3 Å². The first-order valence-corrected chi connectivity index (χ1v) is 7.03. The van der Waals surface area contributed by atoms with Crippen LogP contribution in [-0.2, 0) is 11.3 Å². The molecule has 1 aromatic carbocycles. The predicted octanol–water partition coefficient (Wildman–Crippen LogP) is 2.07. The third kappa shape index (κ3) is 2.17. The monoisotopic (exact) mass is 277 g/mol. The van der Waals surface area contributed by atoms with Gasteiger partial charge in [0, 0.05) is 12.5 Å². The van der Waals surface area contributed by atoms with Gasteiger partial charge in [-0.25, -0.2) is 4.79 Å². The Kier molecular flexibility index (Phi) is 3.40. The molecule has 20 heavy (non-hydrogen) atoms. The Morgan fingerprint density at radius 2 is 2.30 bits per heavy atom. The lowest BCUT2D eigenvalue weighted by molar-refractivity contribution is 0.0804. The SMILES string of the molecule is CCn1c(=O)oc2cc(C(O)C3COC(C)C3)ccc21. The summed E-state index contributed by atoms with van der Waals surface area (Å²) in [5.41, 5.74) is 2.07. The number of hydrogen-bond acceptors (Lipinski definition) is 4. The van der Waals surface area contributed by atoms with Crippen molar-refractivity contribution in [2.24, 2.45) is 5.92 Å². The summed E-state index contributed by atoms with van der Waals surface area (Å²) in [6, 6.07) is 5.45. The third-order valence-corrected chi connectivity index (χ3v) is 4.03. The van der Waals surface area contributed by atoms with Crippen LogP contribution in [0.3, 0.4) is 0 Å². The molecule has 0 bridgehead atoms. The van der Waals surface area contributed by atoms with Crippen LogP contribution >= 0.6 is 0 Å². The smallest absolute Gasteiger partial charge is 0.408 e. The minimum Gasteiger partial charge on any atom is -0.408 e. The highest BCUT2D eigenvalue weighted by Gasteiger charge is 2.29. The van der Waals surface area contributed by atoms with E-state index in [0.717, 1.165) is 17.5 Å². The number of nitrogens with zero attached hydrogens (tertiary/aromatic N) is 1. The Bertz CT molecular complexity index is 672. The number of benzene rings is 1. The van der Waals surface area contributed by atoms with E-state index in [1.54, 1.807) is 10.6 Å². The maximum atomic E-state index is 11.7. The van der Waals surface area contributed by atoms with Crippen molar-refractivity contribution in [3.8, 4) is 0 Å². The second kappa shape index (κ2) is 5.07. The molecule has 0 aliphatic carbocycles. The number of aliphatic hydroxyl groups excluding tert-OH is 1. The molecule has 0 saturated carbocycles. The molecule has 3 unspecified atom stereocenters. The van der Waals surface area contributed by atoms with Gasteiger partial charge in [-0.2, -0.15) is 0 Å². The summed E-state index contributed by atoms with van der Waals surface area (Å²) in [7, 11) is 0. The number of aromatic nitrogens is 1. The van der Waals surface area contributed by atoms with Crippen molar-refractivity contribution < 1.29 is 14.3 Å². The van der Waals surface area contributed by atoms with Crippen LogP contribution in [0.2, 0.25) is 0 Å². The summed E-state index contributed by atoms with van der Waals surface area (Å²) in [4.78, 5) is 11.7. The molecule has 0 radical (unpaired) electrons. The van der Waals surface area contributed by atoms with Crippen LogP contribution in [0.1, 0.15) is 31.9 Å². The van der Waals surface area contributed by atoms with Crippen molar-refractivity contribution in [3.63, 3.8) is 0 Å². The highest BCUT2D eigenvalue weighted by atomic mass is 16.5. The van der Waals surface area contributed by atoms with Gasteiger partial charge in [-0.15, -0.1) is 0 Å². The average molecular weight is 277 g/mol. The highest BCUT2D eigenvalue weighted by Crippen LogP contribution is 2.32. The zero-order valence-electron chi connectivity index (χ0n) is 11.7. The van der Waals surface area contributed by atoms with Gasteiger partial charge in [-0.1, -0.05) is 6.07 Å². The van der Waals surface area contributed by atoms with Gasteiger partial charge in [0.1, 0.15) is 0 Å². The number of rotatable bonds is 3. The van der Waals surface area contributed by atoms with Crippen molar-refractivity contribution in [3.05, 3.63) is 34.3 Å². The van der Waals surface area contributed by atoms with E-state index in [2.05, 4.69) is 0 Å². The molecule has 108 valence electrons. The Labute approximate surface area is 116 Å². The van der Waals surface area contributed by atoms with Crippen LogP contribution in [0.15, 0.2) is 27.4 Å². The molecular formula is C15H19NO4. The van der Waals surface area contributed by atoms with E-state index in [-0.39, 0.29) is 17.8 Å². The van der Waals surface area contributed by atoms with E-state index in [9.17, 15) is 9.90 Å². The minimum atomic E-state index is -0.584. The van der Waals surface area contributed by atoms with E-state index in [0.29, 0.717) is 18.7 Å². The Morgan fingerprint density at radius 1 is 1.50 bits per heavy atom. The second-order valence-corrected chi connectivity index (χ2v) is 5.42. The van der Waals surface area contributed by atoms with Gasteiger partial charge in [0.15, 0.2) is 5.58 Å². The molecule has 1 N–H and O–H groups in total. The Hall–Kier alpha value is -1.59. The average Bonchev–Trinajstić information content (AvgIpc) is 2.99. The lowest BCUT2D eigenvalue weighted by atomic mass is 9.93. The van der Waals surface area contributed by atoms with Gasteiger partial charge in [0.05, 0.1) is 24.3 Å². The number of hydrogen-bond donors (Lipinski definition) is 1. The molecule has 3 rings (SSSR count). The fourth-order valence-electron chi connectivity index (χ4n) is 2.91. The molecule has 5 heteroatoms. The molecule has 1 fully saturated rings. The van der Waals surface area contributed by atoms with Crippen molar-refractivity contribution >= 4 is 11.1 Å². The summed E-state index contributed by atoms with van der Waals surface area (Å²) in [6.45, 7) is 5.05. The van der Waals surface area contributed by atoms with E-state index in [1.165, 1.54) is 0 Å². The molecule has 1 aliphatic rings. The summed E-state index contributed by atoms with van der Waals surface area (Å²) in [6.07, 6.45) is 0.455. The van der Waals surface area contributed by atoms with Gasteiger partial charge in [-0.3, -0.25) is 4.57 Å². The van der Waals surface area contributed by atoms with Crippen molar-refractivity contribution in [2.75, 3.05) is 6.61 Å². The molecule has 1 aromatic heterocycles. The van der Waals surface area contributed by atoms with Crippen LogP contribution in [0.4, 0.5) is 0 Å². The number of ether oxygens (including phenoxy) is 1. The van der Waals surface area contributed by atoms with Crippen molar-refractivity contribution in [1.29, 1.82) is 0 Å². The first-order valence-electron chi connectivity index (χ1n) is 7.03. The van der Waals surface area contributed by atoms with Crippen LogP contribution in [0.25, 0.3) is 11.1 Å². The van der Waals surface area contributed by atoms with E-state index < -0.39 is 6.10 Å². The summed E-state index contributed by atoms with van der Waals surface area (Å²) in [5, 5.41) is 10.4. The number of oxazole rings is 1. The maximum absolute atomic E-state index is 11.7. The second-order valence-electron chi connectivity index (χ2n) is 5.42. The predicted molar refractivity (Wildman–Crippen MR) is 74.6 cm³/mol. The van der Waals surface area contributed by atoms with Crippen molar-refractivity contribution in [2.45, 2.75) is 39.0 Å². The molecule has 0 amide bonds. The van der Waals surface area contributed by atoms with E-state index >= 15 is 0 Å². The lowest BCUT2D eigenvalue weighted by Gasteiger charge is -2.16. The molecule has 2 aromatic rings. The van der Waals surface area contributed by atoms with Gasteiger partial charge in [0.25, 0.3) is 0 Å². The molecule has 1 saturated heterocycles. The third-order valence-electron chi connectivity index (χ3n) is 4.03. The Morgan fingerprint density at radius 3 is 2.95 bits per heavy atom. The zero-order valence-corrected chi connectivity index (χ0v) is 11.7. The molecule has 5 nitrogen and oxygen atoms in total. The molecule has 3 atom stereocenters. The van der Waals surface area contributed by atoms with E-state index in [1.807, 2.05) is 26.0 Å². The summed E-state index contributed by atoms with van der Waals surface area (Å²) >= 11 is 0. The first-order chi connectivity index (χ1) is 9.60. The Balaban J connectivity index is 1.95. The summed E-state index contributed by atoms with van der Waals surface area (Å²) < 4.78 is 12.3. The molecule has 2 heterocycles. The summed E-state index contributed by atoms with van der Waals surface area (Å²) in [5.74, 6) is -0.255. The molecular weight excluding hydrogens is 258 g/mol. The quantitative estimate of drug-likeness (QED) is 0.932. The van der Waals surface area contributed by atoms with Gasteiger partial charge in [0.2, 0.25) is 0 Å². The van der Waals surface area contributed by atoms with Crippen LogP contribution in [-0.4, -0.2) is 22.4 Å². The van der Waals surface area contributed by atoms with E-state index in [4.69, 9.17) is 9.15 Å². The number of fused-ring (bicyclic) bond motifs is 1. The number of aliphatic hydroxyl groups is 1. The van der Waals surface area contributed by atoms with Gasteiger partial charge >= 0.3 is 5.76 Å². The first kappa shape index (κ1) is 13.4. The fraction of sp³-hybridized carbons (Fsp3) is 0.533. The topological polar surface area (TPSA) is 64.6 Å². The normalized spacial score (nSPS) is 24.4. The minimum absolute atomic E-state index is 0.0995. The lowest BCUT2D eigenvalue weighted by Crippen LogP contribution is -2.13. The number of aryl methyl sites for hydroxylation is 1. The fourth-order valence-corrected chi connectivity index (χ4v) is 2.91. The molecule has 0 spiro atoms. The standard InChI is InChI=1S/C15H19NO4/c1-3-16-12-5-4-10(7-13(12)20-15(16)18)14(17)11-6-9(2)19-8-11/h4-5,7,9,11,14,17H,3,6,8H2,1-2H3. The zero-order chi connectivity index (χ0) is 14.3. The maximum Gasteiger partial charge on any atom is 0.419 e. The van der Waals surface area contributed by atoms with Crippen LogP contribution in [0.5, 0.6) is 0 Å². The molecule has 1 aliphatic heterocycles.